The van der Waals surface area contributed by atoms with Gasteiger partial charge in [-0.05, 0) is 12.5 Å². The van der Waals surface area contributed by atoms with E-state index in [1.807, 2.05) is 0 Å². The summed E-state index contributed by atoms with van der Waals surface area (Å²) in [4.78, 5) is 31.5. The van der Waals surface area contributed by atoms with Gasteiger partial charge in [0.2, 0.25) is 10.0 Å². The molecular weight excluding hydrogens is 328 g/mol. The molecule has 0 fully saturated rings. The zero-order chi connectivity index (χ0) is 17.5. The van der Waals surface area contributed by atoms with Crippen LogP contribution in [0.2, 0.25) is 0 Å². The second-order valence-corrected chi connectivity index (χ2v) is 6.35. The molecule has 0 atom stereocenters. The average Bonchev–Trinajstić information content (AvgIpc) is 2.53. The minimum atomic E-state index is -4.29. The van der Waals surface area contributed by atoms with Crippen LogP contribution in [0.25, 0.3) is 0 Å². The molecule has 0 radical (unpaired) electrons. The molecule has 0 unspecified atom stereocenters. The van der Waals surface area contributed by atoms with E-state index < -0.39 is 38.0 Å². The lowest BCUT2D eigenvalue weighted by Crippen LogP contribution is -2.37. The van der Waals surface area contributed by atoms with Gasteiger partial charge >= 0.3 is 5.97 Å². The molecule has 23 heavy (non-hydrogen) atoms. The third kappa shape index (κ3) is 4.83. The highest BCUT2D eigenvalue weighted by Gasteiger charge is 2.32. The average molecular weight is 344 g/mol. The summed E-state index contributed by atoms with van der Waals surface area (Å²) in [5, 5.41) is 11.0. The Hall–Kier alpha value is -2.33. The van der Waals surface area contributed by atoms with Crippen molar-refractivity contribution in [2.24, 2.45) is 0 Å². The number of sulfonamides is 1. The summed E-state index contributed by atoms with van der Waals surface area (Å²) in [5.41, 5.74) is -0.585. The first kappa shape index (κ1) is 18.7. The van der Waals surface area contributed by atoms with E-state index in [1.54, 1.807) is 0 Å². The number of esters is 1. The number of carbonyl (C=O) groups is 2. The summed E-state index contributed by atoms with van der Waals surface area (Å²) >= 11 is 0. The molecule has 0 N–H and O–H groups in total. The van der Waals surface area contributed by atoms with Crippen LogP contribution in [-0.2, 0) is 24.3 Å². The van der Waals surface area contributed by atoms with Crippen LogP contribution in [0.3, 0.4) is 0 Å². The molecule has 0 aliphatic heterocycles. The van der Waals surface area contributed by atoms with Crippen molar-refractivity contribution in [1.29, 1.82) is 0 Å². The predicted octanol–water partition coefficient (Wildman–Crippen LogP) is 0.738. The second-order valence-electron chi connectivity index (χ2n) is 4.45. The van der Waals surface area contributed by atoms with Crippen molar-refractivity contribution < 1.29 is 27.7 Å². The zero-order valence-electron chi connectivity index (χ0n) is 12.4. The van der Waals surface area contributed by atoms with Crippen molar-refractivity contribution in [3.05, 3.63) is 34.4 Å². The fourth-order valence-electron chi connectivity index (χ4n) is 1.81. The Balaban J connectivity index is 3.23. The number of ether oxygens (including phenoxy) is 1. The molecule has 0 amide bonds. The van der Waals surface area contributed by atoms with Crippen molar-refractivity contribution in [2.45, 2.75) is 17.7 Å². The molecule has 126 valence electrons. The number of carbonyl (C=O) groups excluding carboxylic acids is 2. The maximum absolute atomic E-state index is 12.6. The monoisotopic (exact) mass is 344 g/mol. The fourth-order valence-corrected chi connectivity index (χ4v) is 3.39. The number of benzene rings is 1. The van der Waals surface area contributed by atoms with Crippen LogP contribution in [0.1, 0.15) is 12.8 Å². The van der Waals surface area contributed by atoms with E-state index in [0.717, 1.165) is 23.5 Å². The zero-order valence-corrected chi connectivity index (χ0v) is 13.2. The van der Waals surface area contributed by atoms with Gasteiger partial charge in [0.15, 0.2) is 4.90 Å². The first-order valence-electron chi connectivity index (χ1n) is 6.58. The van der Waals surface area contributed by atoms with Gasteiger partial charge in [-0.1, -0.05) is 12.1 Å². The molecular formula is C13H16N2O7S. The van der Waals surface area contributed by atoms with Gasteiger partial charge in [0.25, 0.3) is 5.69 Å². The molecule has 1 rings (SSSR count). The van der Waals surface area contributed by atoms with Crippen molar-refractivity contribution in [3.8, 4) is 0 Å². The summed E-state index contributed by atoms with van der Waals surface area (Å²) < 4.78 is 30.5. The highest BCUT2D eigenvalue weighted by atomic mass is 32.2. The maximum Gasteiger partial charge on any atom is 0.321 e. The van der Waals surface area contributed by atoms with Gasteiger partial charge in [-0.15, -0.1) is 0 Å². The smallest absolute Gasteiger partial charge is 0.321 e. The van der Waals surface area contributed by atoms with Gasteiger partial charge in [0.1, 0.15) is 12.8 Å². The van der Waals surface area contributed by atoms with Gasteiger partial charge < -0.3 is 9.53 Å². The van der Waals surface area contributed by atoms with Gasteiger partial charge in [0.05, 0.1) is 12.0 Å². The van der Waals surface area contributed by atoms with E-state index in [2.05, 4.69) is 4.74 Å². The Morgan fingerprint density at radius 1 is 1.39 bits per heavy atom. The SMILES string of the molecule is COC(=O)CN(CCCC=O)S(=O)(=O)c1ccccc1[N+](=O)[O-]. The lowest BCUT2D eigenvalue weighted by atomic mass is 10.3. The highest BCUT2D eigenvalue weighted by molar-refractivity contribution is 7.89. The Bertz CT molecular complexity index is 687. The largest absolute Gasteiger partial charge is 0.468 e. The van der Waals surface area contributed by atoms with E-state index in [1.165, 1.54) is 12.1 Å². The second kappa shape index (κ2) is 8.34. The van der Waals surface area contributed by atoms with E-state index in [4.69, 9.17) is 0 Å². The highest BCUT2D eigenvalue weighted by Crippen LogP contribution is 2.26. The number of hydrogen-bond acceptors (Lipinski definition) is 7. The predicted molar refractivity (Wildman–Crippen MR) is 79.2 cm³/mol. The number of para-hydroxylation sites is 1. The van der Waals surface area contributed by atoms with Gasteiger partial charge in [0, 0.05) is 19.0 Å². The molecule has 1 aromatic carbocycles. The standard InChI is InChI=1S/C13H16N2O7S/c1-22-13(17)10-14(8-4-5-9-16)23(20,21)12-7-3-2-6-11(12)15(18)19/h2-3,6-7,9H,4-5,8,10H2,1H3. The van der Waals surface area contributed by atoms with E-state index >= 15 is 0 Å². The van der Waals surface area contributed by atoms with Crippen molar-refractivity contribution in [3.63, 3.8) is 0 Å². The van der Waals surface area contributed by atoms with E-state index in [0.29, 0.717) is 6.29 Å². The third-order valence-electron chi connectivity index (χ3n) is 2.94. The van der Waals surface area contributed by atoms with Gasteiger partial charge in [-0.3, -0.25) is 14.9 Å². The molecule has 0 aromatic heterocycles. The number of hydrogen-bond donors (Lipinski definition) is 0. The number of nitro groups is 1. The minimum Gasteiger partial charge on any atom is -0.468 e. The van der Waals surface area contributed by atoms with Crippen molar-refractivity contribution >= 4 is 28.0 Å². The Labute approximate surface area is 133 Å². The summed E-state index contributed by atoms with van der Waals surface area (Å²) in [6.45, 7) is -0.730. The number of unbranched alkanes of at least 4 members (excludes halogenated alkanes) is 1. The Kier molecular flexibility index (Phi) is 6.79. The molecule has 0 aliphatic carbocycles. The first-order valence-corrected chi connectivity index (χ1v) is 8.02. The number of nitro benzene ring substituents is 1. The quantitative estimate of drug-likeness (QED) is 0.213. The van der Waals surface area contributed by atoms with Gasteiger partial charge in [-0.2, -0.15) is 4.31 Å². The number of methoxy groups -OCH3 is 1. The lowest BCUT2D eigenvalue weighted by Gasteiger charge is -2.20. The van der Waals surface area contributed by atoms with Crippen LogP contribution in [0.5, 0.6) is 0 Å². The Morgan fingerprint density at radius 3 is 2.61 bits per heavy atom. The topological polar surface area (TPSA) is 124 Å². The summed E-state index contributed by atoms with van der Waals surface area (Å²) in [6, 6.07) is 4.85. The van der Waals surface area contributed by atoms with Crippen LogP contribution in [-0.4, -0.2) is 50.1 Å². The molecule has 9 nitrogen and oxygen atoms in total. The maximum atomic E-state index is 12.6. The summed E-state index contributed by atoms with van der Waals surface area (Å²) in [6.07, 6.45) is 0.901. The molecule has 0 aliphatic rings. The number of nitrogens with zero attached hydrogens (tertiary/aromatic N) is 2. The van der Waals surface area contributed by atoms with Crippen LogP contribution in [0, 0.1) is 10.1 Å². The lowest BCUT2D eigenvalue weighted by molar-refractivity contribution is -0.387. The minimum absolute atomic E-state index is 0.101. The fraction of sp³-hybridized carbons (Fsp3) is 0.385. The number of aldehydes is 1. The first-order chi connectivity index (χ1) is 10.8. The molecule has 10 heteroatoms. The van der Waals surface area contributed by atoms with E-state index in [-0.39, 0.29) is 19.4 Å². The van der Waals surface area contributed by atoms with Crippen molar-refractivity contribution in [1.82, 2.24) is 4.31 Å². The number of rotatable bonds is 9. The van der Waals surface area contributed by atoms with Crippen LogP contribution < -0.4 is 0 Å². The van der Waals surface area contributed by atoms with Crippen LogP contribution in [0.4, 0.5) is 5.69 Å². The molecule has 1 aromatic rings. The van der Waals surface area contributed by atoms with Crippen molar-refractivity contribution in [2.75, 3.05) is 20.2 Å². The third-order valence-corrected chi connectivity index (χ3v) is 4.83. The molecule has 0 spiro atoms. The normalized spacial score (nSPS) is 11.2. The molecule has 0 heterocycles. The van der Waals surface area contributed by atoms with E-state index in [9.17, 15) is 28.1 Å². The Morgan fingerprint density at radius 2 is 2.04 bits per heavy atom. The molecule has 0 saturated heterocycles. The van der Waals surface area contributed by atoms with Crippen LogP contribution >= 0.6 is 0 Å². The van der Waals surface area contributed by atoms with Crippen LogP contribution in [0.15, 0.2) is 29.2 Å². The molecule has 0 bridgehead atoms. The summed E-state index contributed by atoms with van der Waals surface area (Å²) in [5.74, 6) is -0.807. The van der Waals surface area contributed by atoms with Gasteiger partial charge in [-0.25, -0.2) is 8.42 Å². The summed E-state index contributed by atoms with van der Waals surface area (Å²) in [7, 11) is -3.19. The molecule has 0 saturated carbocycles.